The molecule has 0 spiro atoms. The van der Waals surface area contributed by atoms with Crippen molar-refractivity contribution >= 4 is 17.7 Å². The Morgan fingerprint density at radius 3 is 2.33 bits per heavy atom. The van der Waals surface area contributed by atoms with E-state index >= 15 is 0 Å². The summed E-state index contributed by atoms with van der Waals surface area (Å²) in [7, 11) is 0. The Bertz CT molecular complexity index is 578. The predicted molar refractivity (Wildman–Crippen MR) is 93.4 cm³/mol. The molecule has 132 valence electrons. The number of carbonyl (C=O) groups excluding carboxylic acids is 1. The highest BCUT2D eigenvalue weighted by Gasteiger charge is 2.25. The van der Waals surface area contributed by atoms with Gasteiger partial charge in [-0.1, -0.05) is 13.8 Å². The van der Waals surface area contributed by atoms with Crippen LogP contribution in [-0.2, 0) is 9.53 Å². The third kappa shape index (κ3) is 3.77. The van der Waals surface area contributed by atoms with Crippen LogP contribution in [0.3, 0.4) is 0 Å². The number of aryl methyl sites for hydroxylation is 1. The first-order valence-corrected chi connectivity index (χ1v) is 8.76. The Labute approximate surface area is 143 Å². The van der Waals surface area contributed by atoms with Crippen LogP contribution in [0.2, 0.25) is 0 Å². The van der Waals surface area contributed by atoms with Crippen LogP contribution < -0.4 is 9.80 Å². The number of nitrogens with zero attached hydrogens (tertiary/aromatic N) is 5. The molecule has 24 heavy (non-hydrogen) atoms. The van der Waals surface area contributed by atoms with E-state index in [1.165, 1.54) is 0 Å². The van der Waals surface area contributed by atoms with Crippen LogP contribution in [0.4, 0.5) is 11.8 Å². The number of hydrogen-bond donors (Lipinski definition) is 0. The summed E-state index contributed by atoms with van der Waals surface area (Å²) in [5, 5.41) is 0. The molecule has 1 aromatic heterocycles. The highest BCUT2D eigenvalue weighted by Crippen LogP contribution is 2.20. The van der Waals surface area contributed by atoms with Crippen molar-refractivity contribution < 1.29 is 9.53 Å². The maximum Gasteiger partial charge on any atom is 0.227 e. The molecular formula is C17H27N5O2. The van der Waals surface area contributed by atoms with E-state index in [9.17, 15) is 4.79 Å². The van der Waals surface area contributed by atoms with Crippen LogP contribution in [0.15, 0.2) is 6.07 Å². The van der Waals surface area contributed by atoms with Crippen molar-refractivity contribution in [2.75, 3.05) is 62.3 Å². The molecule has 0 aromatic carbocycles. The summed E-state index contributed by atoms with van der Waals surface area (Å²) in [6, 6.07) is 2.04. The number of piperazine rings is 1. The van der Waals surface area contributed by atoms with Crippen molar-refractivity contribution in [1.29, 1.82) is 0 Å². The second-order valence-electron chi connectivity index (χ2n) is 6.73. The van der Waals surface area contributed by atoms with Gasteiger partial charge in [0, 0.05) is 56.9 Å². The van der Waals surface area contributed by atoms with E-state index in [0.717, 1.165) is 69.9 Å². The smallest absolute Gasteiger partial charge is 0.227 e. The van der Waals surface area contributed by atoms with E-state index in [1.54, 1.807) is 0 Å². The van der Waals surface area contributed by atoms with Crippen molar-refractivity contribution in [3.63, 3.8) is 0 Å². The molecule has 3 rings (SSSR count). The lowest BCUT2D eigenvalue weighted by molar-refractivity contribution is -0.134. The zero-order valence-electron chi connectivity index (χ0n) is 14.9. The molecule has 3 heterocycles. The van der Waals surface area contributed by atoms with E-state index < -0.39 is 0 Å². The summed E-state index contributed by atoms with van der Waals surface area (Å²) in [4.78, 5) is 27.9. The molecule has 2 aliphatic heterocycles. The van der Waals surface area contributed by atoms with Crippen LogP contribution in [0.25, 0.3) is 0 Å². The summed E-state index contributed by atoms with van der Waals surface area (Å²) in [6.45, 7) is 12.2. The fourth-order valence-electron chi connectivity index (χ4n) is 3.12. The van der Waals surface area contributed by atoms with E-state index in [4.69, 9.17) is 9.72 Å². The zero-order chi connectivity index (χ0) is 17.1. The van der Waals surface area contributed by atoms with Gasteiger partial charge in [-0.25, -0.2) is 4.98 Å². The van der Waals surface area contributed by atoms with Gasteiger partial charge in [-0.3, -0.25) is 4.79 Å². The maximum absolute atomic E-state index is 12.1. The molecule has 2 aliphatic rings. The maximum atomic E-state index is 12.1. The normalized spacial score (nSPS) is 19.1. The molecule has 0 radical (unpaired) electrons. The summed E-state index contributed by atoms with van der Waals surface area (Å²) >= 11 is 0. The van der Waals surface area contributed by atoms with Crippen LogP contribution in [-0.4, -0.2) is 73.3 Å². The van der Waals surface area contributed by atoms with E-state index in [0.29, 0.717) is 0 Å². The summed E-state index contributed by atoms with van der Waals surface area (Å²) in [5.74, 6) is 2.03. The molecule has 0 aliphatic carbocycles. The fraction of sp³-hybridized carbons (Fsp3) is 0.706. The average Bonchev–Trinajstić information content (AvgIpc) is 2.61. The molecule has 0 unspecified atom stereocenters. The predicted octanol–water partition coefficient (Wildman–Crippen LogP) is 0.926. The van der Waals surface area contributed by atoms with Crippen molar-refractivity contribution in [3.05, 3.63) is 11.8 Å². The van der Waals surface area contributed by atoms with Crippen LogP contribution in [0, 0.1) is 12.8 Å². The van der Waals surface area contributed by atoms with Crippen molar-refractivity contribution in [2.45, 2.75) is 20.8 Å². The molecule has 7 heteroatoms. The number of ether oxygens (including phenoxy) is 1. The number of rotatable bonds is 3. The second kappa shape index (κ2) is 7.34. The van der Waals surface area contributed by atoms with Gasteiger partial charge in [-0.2, -0.15) is 4.98 Å². The lowest BCUT2D eigenvalue weighted by atomic mass is 10.1. The minimum absolute atomic E-state index is 0.0553. The van der Waals surface area contributed by atoms with Crippen LogP contribution in [0.5, 0.6) is 0 Å². The van der Waals surface area contributed by atoms with Crippen molar-refractivity contribution in [1.82, 2.24) is 14.9 Å². The average molecular weight is 333 g/mol. The fourth-order valence-corrected chi connectivity index (χ4v) is 3.12. The molecule has 7 nitrogen and oxygen atoms in total. The minimum Gasteiger partial charge on any atom is -0.378 e. The lowest BCUT2D eigenvalue weighted by Crippen LogP contribution is -2.50. The number of anilines is 2. The molecule has 1 amide bonds. The number of amides is 1. The second-order valence-corrected chi connectivity index (χ2v) is 6.73. The molecule has 0 atom stereocenters. The van der Waals surface area contributed by atoms with Gasteiger partial charge in [0.1, 0.15) is 5.82 Å². The van der Waals surface area contributed by atoms with Gasteiger partial charge in [0.15, 0.2) is 0 Å². The van der Waals surface area contributed by atoms with Crippen LogP contribution in [0.1, 0.15) is 19.5 Å². The quantitative estimate of drug-likeness (QED) is 0.820. The first-order chi connectivity index (χ1) is 11.5. The number of morpholine rings is 1. The van der Waals surface area contributed by atoms with Gasteiger partial charge >= 0.3 is 0 Å². The molecule has 0 bridgehead atoms. The van der Waals surface area contributed by atoms with Crippen molar-refractivity contribution in [2.24, 2.45) is 5.92 Å². The number of carbonyl (C=O) groups is 1. The SMILES string of the molecule is Cc1cc(N2CCOCC2)nc(N2CCN(C(=O)C(C)C)CC2)n1. The van der Waals surface area contributed by atoms with Gasteiger partial charge in [0.25, 0.3) is 0 Å². The zero-order valence-corrected chi connectivity index (χ0v) is 14.9. The topological polar surface area (TPSA) is 61.8 Å². The standard InChI is InChI=1S/C17H27N5O2/c1-13(2)16(23)21-4-6-22(7-5-21)17-18-14(3)12-15(19-17)20-8-10-24-11-9-20/h12-13H,4-11H2,1-3H3. The lowest BCUT2D eigenvalue weighted by Gasteiger charge is -2.36. The summed E-state index contributed by atoms with van der Waals surface area (Å²) < 4.78 is 5.42. The van der Waals surface area contributed by atoms with Gasteiger partial charge < -0.3 is 19.4 Å². The Hall–Kier alpha value is -1.89. The molecule has 0 saturated carbocycles. The van der Waals surface area contributed by atoms with Gasteiger partial charge in [0.05, 0.1) is 13.2 Å². The monoisotopic (exact) mass is 333 g/mol. The first kappa shape index (κ1) is 17.0. The van der Waals surface area contributed by atoms with Crippen molar-refractivity contribution in [3.8, 4) is 0 Å². The Balaban J connectivity index is 1.69. The van der Waals surface area contributed by atoms with E-state index in [2.05, 4.69) is 14.8 Å². The highest BCUT2D eigenvalue weighted by molar-refractivity contribution is 5.78. The number of hydrogen-bond acceptors (Lipinski definition) is 6. The highest BCUT2D eigenvalue weighted by atomic mass is 16.5. The van der Waals surface area contributed by atoms with Crippen LogP contribution >= 0.6 is 0 Å². The largest absolute Gasteiger partial charge is 0.378 e. The number of aromatic nitrogens is 2. The van der Waals surface area contributed by atoms with E-state index in [-0.39, 0.29) is 11.8 Å². The van der Waals surface area contributed by atoms with Gasteiger partial charge in [0.2, 0.25) is 11.9 Å². The molecule has 1 aromatic rings. The Morgan fingerprint density at radius 2 is 1.71 bits per heavy atom. The van der Waals surface area contributed by atoms with E-state index in [1.807, 2.05) is 31.7 Å². The summed E-state index contributed by atoms with van der Waals surface area (Å²) in [5.41, 5.74) is 0.974. The molecule has 0 N–H and O–H groups in total. The molecule has 2 fully saturated rings. The third-order valence-electron chi connectivity index (χ3n) is 4.53. The molecule has 2 saturated heterocycles. The van der Waals surface area contributed by atoms with Gasteiger partial charge in [-0.05, 0) is 6.92 Å². The Kier molecular flexibility index (Phi) is 5.18. The minimum atomic E-state index is 0.0553. The Morgan fingerprint density at radius 1 is 1.04 bits per heavy atom. The van der Waals surface area contributed by atoms with Gasteiger partial charge in [-0.15, -0.1) is 0 Å². The molecular weight excluding hydrogens is 306 g/mol. The third-order valence-corrected chi connectivity index (χ3v) is 4.53. The first-order valence-electron chi connectivity index (χ1n) is 8.76. The summed E-state index contributed by atoms with van der Waals surface area (Å²) in [6.07, 6.45) is 0.